The molecule has 10 heavy (non-hydrogen) atoms. The third-order valence-electron chi connectivity index (χ3n) is 2.16. The van der Waals surface area contributed by atoms with Crippen molar-refractivity contribution in [2.45, 2.75) is 30.1 Å². The number of halogens is 1. The van der Waals surface area contributed by atoms with E-state index in [1.54, 1.807) is 0 Å². The van der Waals surface area contributed by atoms with Gasteiger partial charge >= 0.3 is 0 Å². The number of carbonyl (C=O) groups is 1. The van der Waals surface area contributed by atoms with Crippen molar-refractivity contribution in [3.63, 3.8) is 0 Å². The van der Waals surface area contributed by atoms with Gasteiger partial charge < -0.3 is 4.90 Å². The summed E-state index contributed by atoms with van der Waals surface area (Å²) in [5.74, 6) is 0.308. The van der Waals surface area contributed by atoms with Crippen molar-refractivity contribution in [3.05, 3.63) is 0 Å². The molecular formula is C7H10BrNO. The summed E-state index contributed by atoms with van der Waals surface area (Å²) in [5.41, 5.74) is 0. The Hall–Kier alpha value is -0.0500. The highest BCUT2D eigenvalue weighted by atomic mass is 79.9. The fourth-order valence-electron chi connectivity index (χ4n) is 1.41. The van der Waals surface area contributed by atoms with E-state index >= 15 is 0 Å². The van der Waals surface area contributed by atoms with Crippen molar-refractivity contribution in [3.8, 4) is 0 Å². The minimum atomic E-state index is 0.119. The molecule has 2 nitrogen and oxygen atoms in total. The van der Waals surface area contributed by atoms with Gasteiger partial charge in [-0.2, -0.15) is 0 Å². The van der Waals surface area contributed by atoms with Gasteiger partial charge in [-0.25, -0.2) is 0 Å². The predicted octanol–water partition coefficient (Wildman–Crippen LogP) is 1.14. The fraction of sp³-hybridized carbons (Fsp3) is 0.857. The molecule has 3 heteroatoms. The normalized spacial score (nSPS) is 33.5. The molecule has 1 aliphatic carbocycles. The van der Waals surface area contributed by atoms with Crippen molar-refractivity contribution in [2.75, 3.05) is 6.54 Å². The van der Waals surface area contributed by atoms with Gasteiger partial charge in [0.25, 0.3) is 0 Å². The molecule has 0 radical (unpaired) electrons. The van der Waals surface area contributed by atoms with Crippen molar-refractivity contribution >= 4 is 21.8 Å². The highest BCUT2D eigenvalue weighted by molar-refractivity contribution is 9.10. The van der Waals surface area contributed by atoms with E-state index in [-0.39, 0.29) is 4.83 Å². The lowest BCUT2D eigenvalue weighted by molar-refractivity contribution is -0.127. The molecule has 56 valence electrons. The zero-order valence-electron chi connectivity index (χ0n) is 5.72. The maximum atomic E-state index is 11.3. The van der Waals surface area contributed by atoms with Crippen LogP contribution in [0.4, 0.5) is 0 Å². The molecule has 0 aromatic heterocycles. The number of amides is 1. The smallest absolute Gasteiger partial charge is 0.236 e. The monoisotopic (exact) mass is 203 g/mol. The SMILES string of the molecule is O=C1[C@@H](Br)CCN1C1CC1. The second-order valence-corrected chi connectivity index (χ2v) is 4.12. The largest absolute Gasteiger partial charge is 0.339 e. The van der Waals surface area contributed by atoms with Crippen LogP contribution in [0.3, 0.4) is 0 Å². The highest BCUT2D eigenvalue weighted by Crippen LogP contribution is 2.32. The molecule has 1 aliphatic heterocycles. The quantitative estimate of drug-likeness (QED) is 0.586. The maximum absolute atomic E-state index is 11.3. The van der Waals surface area contributed by atoms with Crippen LogP contribution in [0.15, 0.2) is 0 Å². The average molecular weight is 204 g/mol. The standard InChI is InChI=1S/C7H10BrNO/c8-6-3-4-9(7(6)10)5-1-2-5/h5-6H,1-4H2/t6-/m0/s1. The van der Waals surface area contributed by atoms with E-state index in [1.807, 2.05) is 4.90 Å². The van der Waals surface area contributed by atoms with Gasteiger partial charge in [0.1, 0.15) is 0 Å². The Morgan fingerprint density at radius 1 is 1.40 bits per heavy atom. The van der Waals surface area contributed by atoms with Gasteiger partial charge in [-0.15, -0.1) is 0 Å². The van der Waals surface area contributed by atoms with Gasteiger partial charge in [0.2, 0.25) is 5.91 Å². The average Bonchev–Trinajstić information content (AvgIpc) is 2.67. The molecule has 0 aromatic carbocycles. The summed E-state index contributed by atoms with van der Waals surface area (Å²) in [4.78, 5) is 13.4. The van der Waals surface area contributed by atoms with Crippen LogP contribution in [0.25, 0.3) is 0 Å². The van der Waals surface area contributed by atoms with Crippen LogP contribution >= 0.6 is 15.9 Å². The molecule has 0 N–H and O–H groups in total. The summed E-state index contributed by atoms with van der Waals surface area (Å²) in [6.07, 6.45) is 3.45. The van der Waals surface area contributed by atoms with Gasteiger partial charge in [-0.05, 0) is 19.3 Å². The lowest BCUT2D eigenvalue weighted by atomic mass is 10.4. The Morgan fingerprint density at radius 3 is 2.50 bits per heavy atom. The van der Waals surface area contributed by atoms with Gasteiger partial charge in [0, 0.05) is 12.6 Å². The first-order valence-corrected chi connectivity index (χ1v) is 4.65. The second kappa shape index (κ2) is 2.22. The van der Waals surface area contributed by atoms with E-state index in [1.165, 1.54) is 12.8 Å². The molecule has 1 saturated carbocycles. The van der Waals surface area contributed by atoms with Crippen LogP contribution in [0, 0.1) is 0 Å². The number of alkyl halides is 1. The first-order valence-electron chi connectivity index (χ1n) is 3.73. The molecule has 0 spiro atoms. The van der Waals surface area contributed by atoms with E-state index in [0.717, 1.165) is 13.0 Å². The van der Waals surface area contributed by atoms with Crippen LogP contribution in [-0.4, -0.2) is 28.2 Å². The summed E-state index contributed by atoms with van der Waals surface area (Å²) in [7, 11) is 0. The summed E-state index contributed by atoms with van der Waals surface area (Å²) in [5, 5.41) is 0. The zero-order chi connectivity index (χ0) is 7.14. The van der Waals surface area contributed by atoms with Gasteiger partial charge in [-0.1, -0.05) is 15.9 Å². The Morgan fingerprint density at radius 2 is 2.10 bits per heavy atom. The number of rotatable bonds is 1. The summed E-state index contributed by atoms with van der Waals surface area (Å²) in [6, 6.07) is 0.607. The third-order valence-corrected chi connectivity index (χ3v) is 3.01. The number of hydrogen-bond donors (Lipinski definition) is 0. The fourth-order valence-corrected chi connectivity index (χ4v) is 1.88. The lowest BCUT2D eigenvalue weighted by Gasteiger charge is -2.13. The van der Waals surface area contributed by atoms with Gasteiger partial charge in [0.15, 0.2) is 0 Å². The summed E-state index contributed by atoms with van der Waals surface area (Å²) >= 11 is 3.35. The van der Waals surface area contributed by atoms with Gasteiger partial charge in [0.05, 0.1) is 4.83 Å². The van der Waals surface area contributed by atoms with Crippen molar-refractivity contribution in [1.82, 2.24) is 4.90 Å². The second-order valence-electron chi connectivity index (χ2n) is 3.02. The van der Waals surface area contributed by atoms with Crippen LogP contribution in [0.1, 0.15) is 19.3 Å². The first kappa shape index (κ1) is 6.65. The van der Waals surface area contributed by atoms with Crippen LogP contribution in [0.2, 0.25) is 0 Å². The molecule has 0 aromatic rings. The summed E-state index contributed by atoms with van der Waals surface area (Å²) < 4.78 is 0. The molecular weight excluding hydrogens is 194 g/mol. The van der Waals surface area contributed by atoms with E-state index in [4.69, 9.17) is 0 Å². The van der Waals surface area contributed by atoms with E-state index in [2.05, 4.69) is 15.9 Å². The molecule has 2 fully saturated rings. The minimum Gasteiger partial charge on any atom is -0.339 e. The Bertz CT molecular complexity index is 167. The third kappa shape index (κ3) is 0.965. The van der Waals surface area contributed by atoms with E-state index in [0.29, 0.717) is 11.9 Å². The number of hydrogen-bond acceptors (Lipinski definition) is 1. The number of carbonyl (C=O) groups excluding carboxylic acids is 1. The molecule has 2 rings (SSSR count). The lowest BCUT2D eigenvalue weighted by Crippen LogP contribution is -2.29. The van der Waals surface area contributed by atoms with Crippen LogP contribution in [0.5, 0.6) is 0 Å². The van der Waals surface area contributed by atoms with E-state index in [9.17, 15) is 4.79 Å². The van der Waals surface area contributed by atoms with Crippen LogP contribution < -0.4 is 0 Å². The predicted molar refractivity (Wildman–Crippen MR) is 42.1 cm³/mol. The Balaban J connectivity index is 2.03. The highest BCUT2D eigenvalue weighted by Gasteiger charge is 2.39. The number of likely N-dealkylation sites (tertiary alicyclic amines) is 1. The molecule has 1 saturated heterocycles. The maximum Gasteiger partial charge on any atom is 0.236 e. The molecule has 1 heterocycles. The Kier molecular flexibility index (Phi) is 1.48. The van der Waals surface area contributed by atoms with Crippen molar-refractivity contribution < 1.29 is 4.79 Å². The molecule has 2 aliphatic rings. The molecule has 1 amide bonds. The molecule has 1 atom stereocenters. The Labute approximate surface area is 68.7 Å². The van der Waals surface area contributed by atoms with Crippen molar-refractivity contribution in [2.24, 2.45) is 0 Å². The minimum absolute atomic E-state index is 0.119. The zero-order valence-corrected chi connectivity index (χ0v) is 7.30. The van der Waals surface area contributed by atoms with E-state index < -0.39 is 0 Å². The van der Waals surface area contributed by atoms with Crippen molar-refractivity contribution in [1.29, 1.82) is 0 Å². The van der Waals surface area contributed by atoms with Crippen LogP contribution in [-0.2, 0) is 4.79 Å². The topological polar surface area (TPSA) is 20.3 Å². The number of nitrogens with zero attached hydrogens (tertiary/aromatic N) is 1. The first-order chi connectivity index (χ1) is 4.79. The molecule has 0 bridgehead atoms. The summed E-state index contributed by atoms with van der Waals surface area (Å²) in [6.45, 7) is 0.972. The molecule has 0 unspecified atom stereocenters. The van der Waals surface area contributed by atoms with Gasteiger partial charge in [-0.3, -0.25) is 4.79 Å².